The number of halogens is 1. The summed E-state index contributed by atoms with van der Waals surface area (Å²) in [6.07, 6.45) is 3.68. The third kappa shape index (κ3) is 1.90. The maximum Gasteiger partial charge on any atom is 0.0673 e. The topological polar surface area (TPSA) is 17.8 Å². The van der Waals surface area contributed by atoms with Crippen LogP contribution < -0.4 is 0 Å². The van der Waals surface area contributed by atoms with E-state index in [0.29, 0.717) is 0 Å². The van der Waals surface area contributed by atoms with Gasteiger partial charge in [0.25, 0.3) is 0 Å². The minimum Gasteiger partial charge on any atom is -0.268 e. The molecule has 0 aliphatic carbocycles. The highest BCUT2D eigenvalue weighted by atomic mass is 35.5. The molecule has 0 bridgehead atoms. The van der Waals surface area contributed by atoms with Gasteiger partial charge in [0.05, 0.1) is 6.54 Å². The van der Waals surface area contributed by atoms with Gasteiger partial charge in [-0.3, -0.25) is 4.68 Å². The zero-order chi connectivity index (χ0) is 9.10. The highest BCUT2D eigenvalue weighted by Crippen LogP contribution is 2.15. The van der Waals surface area contributed by atoms with Gasteiger partial charge in [-0.1, -0.05) is 29.8 Å². The summed E-state index contributed by atoms with van der Waals surface area (Å²) in [6, 6.07) is 9.70. The third-order valence-corrected chi connectivity index (χ3v) is 2.22. The van der Waals surface area contributed by atoms with Crippen LogP contribution in [-0.2, 0) is 6.54 Å². The van der Waals surface area contributed by atoms with Crippen LogP contribution in [0.15, 0.2) is 42.7 Å². The van der Waals surface area contributed by atoms with Crippen molar-refractivity contribution in [1.29, 1.82) is 0 Å². The van der Waals surface area contributed by atoms with Gasteiger partial charge in [-0.25, -0.2) is 0 Å². The van der Waals surface area contributed by atoms with Crippen LogP contribution in [0.4, 0.5) is 0 Å². The molecule has 66 valence electrons. The van der Waals surface area contributed by atoms with E-state index in [-0.39, 0.29) is 0 Å². The zero-order valence-corrected chi connectivity index (χ0v) is 7.78. The van der Waals surface area contributed by atoms with Crippen LogP contribution in [-0.4, -0.2) is 9.78 Å². The lowest BCUT2D eigenvalue weighted by molar-refractivity contribution is 0.687. The number of benzene rings is 1. The number of hydrogen-bond acceptors (Lipinski definition) is 1. The van der Waals surface area contributed by atoms with Crippen LogP contribution in [0, 0.1) is 0 Å². The second-order valence-electron chi connectivity index (χ2n) is 2.80. The fraction of sp³-hybridized carbons (Fsp3) is 0.100. The van der Waals surface area contributed by atoms with Crippen LogP contribution >= 0.6 is 11.6 Å². The molecule has 0 atom stereocenters. The monoisotopic (exact) mass is 192 g/mol. The minimum atomic E-state index is 0.729. The Hall–Kier alpha value is -1.28. The van der Waals surface area contributed by atoms with Gasteiger partial charge in [0, 0.05) is 17.4 Å². The third-order valence-electron chi connectivity index (χ3n) is 1.85. The fourth-order valence-corrected chi connectivity index (χ4v) is 1.39. The van der Waals surface area contributed by atoms with E-state index in [0.717, 1.165) is 17.1 Å². The molecular weight excluding hydrogens is 184 g/mol. The second kappa shape index (κ2) is 3.62. The SMILES string of the molecule is Clc1ccccc1Cn1cccn1. The Kier molecular flexibility index (Phi) is 2.32. The predicted molar refractivity (Wildman–Crippen MR) is 52.8 cm³/mol. The molecule has 13 heavy (non-hydrogen) atoms. The molecule has 0 unspecified atom stereocenters. The van der Waals surface area contributed by atoms with Crippen molar-refractivity contribution in [3.8, 4) is 0 Å². The van der Waals surface area contributed by atoms with Gasteiger partial charge >= 0.3 is 0 Å². The Balaban J connectivity index is 2.24. The lowest BCUT2D eigenvalue weighted by Gasteiger charge is -2.03. The summed E-state index contributed by atoms with van der Waals surface area (Å²) >= 11 is 6.00. The Labute approximate surface area is 81.8 Å². The van der Waals surface area contributed by atoms with Crippen molar-refractivity contribution in [3.05, 3.63) is 53.3 Å². The molecule has 0 N–H and O–H groups in total. The molecule has 0 aliphatic rings. The summed E-state index contributed by atoms with van der Waals surface area (Å²) in [5.41, 5.74) is 1.09. The van der Waals surface area contributed by atoms with Crippen molar-refractivity contribution in [2.24, 2.45) is 0 Å². The molecule has 0 spiro atoms. The lowest BCUT2D eigenvalue weighted by Crippen LogP contribution is -1.99. The maximum atomic E-state index is 6.00. The molecule has 1 aromatic carbocycles. The van der Waals surface area contributed by atoms with Crippen molar-refractivity contribution < 1.29 is 0 Å². The minimum absolute atomic E-state index is 0.729. The first-order valence-electron chi connectivity index (χ1n) is 4.07. The number of aromatic nitrogens is 2. The summed E-state index contributed by atoms with van der Waals surface area (Å²) in [5, 5.41) is 4.90. The molecule has 0 amide bonds. The van der Waals surface area contributed by atoms with E-state index >= 15 is 0 Å². The maximum absolute atomic E-state index is 6.00. The second-order valence-corrected chi connectivity index (χ2v) is 3.20. The van der Waals surface area contributed by atoms with Gasteiger partial charge in [0.1, 0.15) is 0 Å². The summed E-state index contributed by atoms with van der Waals surface area (Å²) < 4.78 is 1.85. The van der Waals surface area contributed by atoms with E-state index in [2.05, 4.69) is 5.10 Å². The van der Waals surface area contributed by atoms with E-state index in [9.17, 15) is 0 Å². The Morgan fingerprint density at radius 1 is 1.23 bits per heavy atom. The van der Waals surface area contributed by atoms with E-state index in [1.807, 2.05) is 41.2 Å². The van der Waals surface area contributed by atoms with Crippen molar-refractivity contribution >= 4 is 11.6 Å². The fourth-order valence-electron chi connectivity index (χ4n) is 1.20. The van der Waals surface area contributed by atoms with Crippen molar-refractivity contribution in [3.63, 3.8) is 0 Å². The molecule has 0 radical (unpaired) electrons. The number of nitrogens with zero attached hydrogens (tertiary/aromatic N) is 2. The van der Waals surface area contributed by atoms with Gasteiger partial charge in [-0.2, -0.15) is 5.10 Å². The van der Waals surface area contributed by atoms with E-state index in [4.69, 9.17) is 11.6 Å². The van der Waals surface area contributed by atoms with Gasteiger partial charge in [0.2, 0.25) is 0 Å². The molecular formula is C10H9ClN2. The molecule has 0 saturated heterocycles. The molecule has 0 aliphatic heterocycles. The normalized spacial score (nSPS) is 10.2. The van der Waals surface area contributed by atoms with E-state index in [1.54, 1.807) is 6.20 Å². The molecule has 1 heterocycles. The largest absolute Gasteiger partial charge is 0.268 e. The number of hydrogen-bond donors (Lipinski definition) is 0. The van der Waals surface area contributed by atoms with Crippen molar-refractivity contribution in [2.45, 2.75) is 6.54 Å². The summed E-state index contributed by atoms with van der Waals surface area (Å²) in [4.78, 5) is 0. The first kappa shape index (κ1) is 8.32. The first-order chi connectivity index (χ1) is 6.36. The molecule has 1 aromatic heterocycles. The molecule has 3 heteroatoms. The van der Waals surface area contributed by atoms with Gasteiger partial charge in [0.15, 0.2) is 0 Å². The number of rotatable bonds is 2. The molecule has 2 nitrogen and oxygen atoms in total. The van der Waals surface area contributed by atoms with Gasteiger partial charge < -0.3 is 0 Å². The van der Waals surface area contributed by atoms with Crippen LogP contribution in [0.2, 0.25) is 5.02 Å². The molecule has 0 fully saturated rings. The Morgan fingerprint density at radius 3 is 2.77 bits per heavy atom. The average molecular weight is 193 g/mol. The van der Waals surface area contributed by atoms with Crippen LogP contribution in [0.25, 0.3) is 0 Å². The standard InChI is InChI=1S/C10H9ClN2/c11-10-5-2-1-4-9(10)8-13-7-3-6-12-13/h1-7H,8H2. The Bertz CT molecular complexity index is 382. The molecule has 0 saturated carbocycles. The van der Waals surface area contributed by atoms with Gasteiger partial charge in [-0.15, -0.1) is 0 Å². The lowest BCUT2D eigenvalue weighted by atomic mass is 10.2. The quantitative estimate of drug-likeness (QED) is 0.715. The smallest absolute Gasteiger partial charge is 0.0673 e. The van der Waals surface area contributed by atoms with Crippen molar-refractivity contribution in [1.82, 2.24) is 9.78 Å². The van der Waals surface area contributed by atoms with Crippen LogP contribution in [0.3, 0.4) is 0 Å². The van der Waals surface area contributed by atoms with E-state index in [1.165, 1.54) is 0 Å². The average Bonchev–Trinajstić information content (AvgIpc) is 2.61. The van der Waals surface area contributed by atoms with E-state index < -0.39 is 0 Å². The predicted octanol–water partition coefficient (Wildman–Crippen LogP) is 2.58. The molecule has 2 aromatic rings. The summed E-state index contributed by atoms with van der Waals surface area (Å²) in [5.74, 6) is 0. The van der Waals surface area contributed by atoms with Crippen LogP contribution in [0.5, 0.6) is 0 Å². The Morgan fingerprint density at radius 2 is 2.08 bits per heavy atom. The highest BCUT2D eigenvalue weighted by Gasteiger charge is 1.98. The first-order valence-corrected chi connectivity index (χ1v) is 4.45. The highest BCUT2D eigenvalue weighted by molar-refractivity contribution is 6.31. The zero-order valence-electron chi connectivity index (χ0n) is 7.02. The van der Waals surface area contributed by atoms with Crippen LogP contribution in [0.1, 0.15) is 5.56 Å². The summed E-state index contributed by atoms with van der Waals surface area (Å²) in [6.45, 7) is 0.729. The molecule has 2 rings (SSSR count). The van der Waals surface area contributed by atoms with Gasteiger partial charge in [-0.05, 0) is 17.7 Å². The van der Waals surface area contributed by atoms with Crippen molar-refractivity contribution in [2.75, 3.05) is 0 Å². The summed E-state index contributed by atoms with van der Waals surface area (Å²) in [7, 11) is 0.